The molecule has 0 aliphatic carbocycles. The van der Waals surface area contributed by atoms with Gasteiger partial charge in [0.05, 0.1) is 5.52 Å². The van der Waals surface area contributed by atoms with Crippen molar-refractivity contribution in [1.82, 2.24) is 10.2 Å². The van der Waals surface area contributed by atoms with Gasteiger partial charge < -0.3 is 10.1 Å². The van der Waals surface area contributed by atoms with Crippen molar-refractivity contribution in [2.45, 2.75) is 13.5 Å². The molecule has 0 saturated carbocycles. The van der Waals surface area contributed by atoms with Crippen LogP contribution in [-0.2, 0) is 0 Å². The molecule has 0 aliphatic rings. The molecular weight excluding hydrogens is 304 g/mol. The van der Waals surface area contributed by atoms with Gasteiger partial charge >= 0.3 is 6.61 Å². The molecule has 2 N–H and O–H groups in total. The number of anilines is 1. The molecule has 0 atom stereocenters. The molecule has 7 heteroatoms. The molecule has 0 fully saturated rings. The highest BCUT2D eigenvalue weighted by atomic mass is 19.3. The second-order valence-electron chi connectivity index (χ2n) is 4.94. The number of hydrogen-bond donors (Lipinski definition) is 2. The molecule has 1 heterocycles. The van der Waals surface area contributed by atoms with Crippen LogP contribution in [0.2, 0.25) is 0 Å². The third kappa shape index (κ3) is 3.28. The SMILES string of the molecule is Cc1[nH]nc2cc(NC(=O)c3cccc(OC(F)F)c3)ccc12. The zero-order chi connectivity index (χ0) is 16.4. The first-order valence-electron chi connectivity index (χ1n) is 6.84. The molecule has 3 rings (SSSR count). The van der Waals surface area contributed by atoms with E-state index in [0.29, 0.717) is 5.69 Å². The Hall–Kier alpha value is -2.96. The molecule has 1 amide bonds. The van der Waals surface area contributed by atoms with Gasteiger partial charge in [-0.2, -0.15) is 13.9 Å². The molecule has 0 bridgehead atoms. The third-order valence-corrected chi connectivity index (χ3v) is 3.33. The quantitative estimate of drug-likeness (QED) is 0.770. The number of carbonyl (C=O) groups excluding carboxylic acids is 1. The highest BCUT2D eigenvalue weighted by molar-refractivity contribution is 6.05. The molecule has 23 heavy (non-hydrogen) atoms. The van der Waals surface area contributed by atoms with Crippen LogP contribution in [0.4, 0.5) is 14.5 Å². The number of fused-ring (bicyclic) bond motifs is 1. The summed E-state index contributed by atoms with van der Waals surface area (Å²) in [7, 11) is 0. The monoisotopic (exact) mass is 317 g/mol. The van der Waals surface area contributed by atoms with Crippen molar-refractivity contribution < 1.29 is 18.3 Å². The van der Waals surface area contributed by atoms with Gasteiger partial charge in [0, 0.05) is 22.3 Å². The summed E-state index contributed by atoms with van der Waals surface area (Å²) in [5.74, 6) is -0.484. The van der Waals surface area contributed by atoms with Gasteiger partial charge in [0.1, 0.15) is 5.75 Å². The summed E-state index contributed by atoms with van der Waals surface area (Å²) >= 11 is 0. The number of aromatic nitrogens is 2. The Labute approximate surface area is 130 Å². The largest absolute Gasteiger partial charge is 0.435 e. The lowest BCUT2D eigenvalue weighted by atomic mass is 10.1. The smallest absolute Gasteiger partial charge is 0.387 e. The average Bonchev–Trinajstić information content (AvgIpc) is 2.88. The van der Waals surface area contributed by atoms with E-state index in [4.69, 9.17) is 0 Å². The summed E-state index contributed by atoms with van der Waals surface area (Å²) in [6.07, 6.45) is 0. The maximum Gasteiger partial charge on any atom is 0.387 e. The summed E-state index contributed by atoms with van der Waals surface area (Å²) < 4.78 is 28.7. The van der Waals surface area contributed by atoms with E-state index in [2.05, 4.69) is 20.3 Å². The lowest BCUT2D eigenvalue weighted by Crippen LogP contribution is -2.12. The Bertz CT molecular complexity index is 861. The molecular formula is C16H13F2N3O2. The van der Waals surface area contributed by atoms with Crippen LogP contribution in [0.1, 0.15) is 16.1 Å². The van der Waals surface area contributed by atoms with Gasteiger partial charge in [-0.1, -0.05) is 6.07 Å². The second-order valence-corrected chi connectivity index (χ2v) is 4.94. The van der Waals surface area contributed by atoms with Crippen molar-refractivity contribution in [3.63, 3.8) is 0 Å². The summed E-state index contributed by atoms with van der Waals surface area (Å²) in [4.78, 5) is 12.2. The van der Waals surface area contributed by atoms with E-state index in [1.165, 1.54) is 24.3 Å². The van der Waals surface area contributed by atoms with Crippen LogP contribution in [0.25, 0.3) is 10.9 Å². The van der Waals surface area contributed by atoms with Crippen molar-refractivity contribution in [2.75, 3.05) is 5.32 Å². The fourth-order valence-corrected chi connectivity index (χ4v) is 2.24. The Morgan fingerprint density at radius 1 is 1.26 bits per heavy atom. The zero-order valence-corrected chi connectivity index (χ0v) is 12.1. The zero-order valence-electron chi connectivity index (χ0n) is 12.1. The number of nitrogens with zero attached hydrogens (tertiary/aromatic N) is 1. The lowest BCUT2D eigenvalue weighted by molar-refractivity contribution is -0.0498. The van der Waals surface area contributed by atoms with E-state index in [1.807, 2.05) is 13.0 Å². The molecule has 0 unspecified atom stereocenters. The summed E-state index contributed by atoms with van der Waals surface area (Å²) in [5, 5.41) is 10.7. The van der Waals surface area contributed by atoms with Crippen LogP contribution in [-0.4, -0.2) is 22.7 Å². The number of nitrogens with one attached hydrogen (secondary N) is 2. The number of benzene rings is 2. The van der Waals surface area contributed by atoms with E-state index >= 15 is 0 Å². The van der Waals surface area contributed by atoms with Crippen molar-refractivity contribution in [3.8, 4) is 5.75 Å². The number of aryl methyl sites for hydroxylation is 1. The maximum atomic E-state index is 12.2. The summed E-state index contributed by atoms with van der Waals surface area (Å²) in [6.45, 7) is -1.03. The number of rotatable bonds is 4. The maximum absolute atomic E-state index is 12.2. The Morgan fingerprint density at radius 2 is 2.09 bits per heavy atom. The fourth-order valence-electron chi connectivity index (χ4n) is 2.24. The van der Waals surface area contributed by atoms with Crippen LogP contribution < -0.4 is 10.1 Å². The first-order chi connectivity index (χ1) is 11.0. The van der Waals surface area contributed by atoms with Gasteiger partial charge in [0.2, 0.25) is 0 Å². The number of alkyl halides is 2. The first kappa shape index (κ1) is 15.0. The van der Waals surface area contributed by atoms with Crippen LogP contribution >= 0.6 is 0 Å². The lowest BCUT2D eigenvalue weighted by Gasteiger charge is -2.08. The van der Waals surface area contributed by atoms with Crippen LogP contribution in [0, 0.1) is 6.92 Å². The standard InChI is InChI=1S/C16H13F2N3O2/c1-9-13-6-5-11(8-14(13)21-20-9)19-15(22)10-3-2-4-12(7-10)23-16(17)18/h2-8,16H,1H3,(H,19,22)(H,20,21). The van der Waals surface area contributed by atoms with Gasteiger partial charge in [-0.3, -0.25) is 9.89 Å². The number of carbonyl (C=O) groups is 1. The molecule has 0 saturated heterocycles. The number of ether oxygens (including phenoxy) is 1. The summed E-state index contributed by atoms with van der Waals surface area (Å²) in [6, 6.07) is 11.0. The van der Waals surface area contributed by atoms with E-state index in [9.17, 15) is 13.6 Å². The minimum Gasteiger partial charge on any atom is -0.435 e. The number of amides is 1. The minimum atomic E-state index is -2.93. The number of aromatic amines is 1. The minimum absolute atomic E-state index is 0.0639. The Morgan fingerprint density at radius 3 is 2.87 bits per heavy atom. The highest BCUT2D eigenvalue weighted by Crippen LogP contribution is 2.21. The Kier molecular flexibility index (Phi) is 3.92. The molecule has 5 nitrogen and oxygen atoms in total. The third-order valence-electron chi connectivity index (χ3n) is 3.33. The van der Waals surface area contributed by atoms with E-state index in [-0.39, 0.29) is 11.3 Å². The van der Waals surface area contributed by atoms with Crippen LogP contribution in [0.3, 0.4) is 0 Å². The molecule has 0 radical (unpaired) electrons. The molecule has 118 valence electrons. The van der Waals surface area contributed by atoms with Gasteiger partial charge in [0.15, 0.2) is 0 Å². The average molecular weight is 317 g/mol. The van der Waals surface area contributed by atoms with E-state index < -0.39 is 12.5 Å². The van der Waals surface area contributed by atoms with Crippen molar-refractivity contribution in [3.05, 3.63) is 53.7 Å². The van der Waals surface area contributed by atoms with E-state index in [1.54, 1.807) is 12.1 Å². The topological polar surface area (TPSA) is 67.0 Å². The number of H-pyrrole nitrogens is 1. The number of hydrogen-bond acceptors (Lipinski definition) is 3. The normalized spacial score (nSPS) is 11.0. The van der Waals surface area contributed by atoms with Crippen molar-refractivity contribution in [2.24, 2.45) is 0 Å². The Balaban J connectivity index is 1.79. The van der Waals surface area contributed by atoms with Gasteiger partial charge in [-0.25, -0.2) is 0 Å². The first-order valence-corrected chi connectivity index (χ1v) is 6.84. The molecule has 0 spiro atoms. The molecule has 0 aliphatic heterocycles. The predicted octanol–water partition coefficient (Wildman–Crippen LogP) is 3.73. The van der Waals surface area contributed by atoms with Gasteiger partial charge in [0.25, 0.3) is 5.91 Å². The molecule has 2 aromatic carbocycles. The van der Waals surface area contributed by atoms with Crippen LogP contribution in [0.5, 0.6) is 5.75 Å². The molecule has 3 aromatic rings. The highest BCUT2D eigenvalue weighted by Gasteiger charge is 2.11. The summed E-state index contributed by atoms with van der Waals surface area (Å²) in [5.41, 5.74) is 2.46. The van der Waals surface area contributed by atoms with Crippen molar-refractivity contribution >= 4 is 22.5 Å². The van der Waals surface area contributed by atoms with Gasteiger partial charge in [-0.05, 0) is 43.3 Å². The second kappa shape index (κ2) is 6.04. The molecule has 1 aromatic heterocycles. The van der Waals surface area contributed by atoms with E-state index in [0.717, 1.165) is 16.6 Å². The fraction of sp³-hybridized carbons (Fsp3) is 0.125. The predicted molar refractivity (Wildman–Crippen MR) is 81.9 cm³/mol. The number of halogens is 2. The van der Waals surface area contributed by atoms with Crippen molar-refractivity contribution in [1.29, 1.82) is 0 Å². The van der Waals surface area contributed by atoms with Crippen LogP contribution in [0.15, 0.2) is 42.5 Å². The van der Waals surface area contributed by atoms with Gasteiger partial charge in [-0.15, -0.1) is 0 Å².